The zero-order valence-electron chi connectivity index (χ0n) is 22.1. The zero-order valence-corrected chi connectivity index (χ0v) is 22.1. The Bertz CT molecular complexity index is 1500. The van der Waals surface area contributed by atoms with Crippen LogP contribution in [0.1, 0.15) is 23.1 Å². The summed E-state index contributed by atoms with van der Waals surface area (Å²) in [4.78, 5) is 29.4. The molecule has 2 aliphatic heterocycles. The van der Waals surface area contributed by atoms with E-state index >= 15 is 0 Å². The molecule has 0 fully saturated rings. The molecule has 0 aromatic heterocycles. The van der Waals surface area contributed by atoms with Crippen LogP contribution in [0.3, 0.4) is 0 Å². The Morgan fingerprint density at radius 1 is 1.00 bits per heavy atom. The van der Waals surface area contributed by atoms with Crippen LogP contribution < -0.4 is 25.0 Å². The number of fused-ring (bicyclic) bond motifs is 2. The van der Waals surface area contributed by atoms with Gasteiger partial charge in [0.15, 0.2) is 11.5 Å². The average Bonchev–Trinajstić information content (AvgIpc) is 3.28. The number of ether oxygens (including phenoxy) is 2. The molecule has 198 valence electrons. The van der Waals surface area contributed by atoms with Gasteiger partial charge in [-0.25, -0.2) is 0 Å². The van der Waals surface area contributed by atoms with Gasteiger partial charge < -0.3 is 29.9 Å². The Hall–Kier alpha value is -4.81. The first kappa shape index (κ1) is 25.8. The van der Waals surface area contributed by atoms with Gasteiger partial charge in [-0.1, -0.05) is 6.07 Å². The second kappa shape index (κ2) is 10.9. The first-order chi connectivity index (χ1) is 18.8. The summed E-state index contributed by atoms with van der Waals surface area (Å²) in [7, 11) is 5.64. The number of nitriles is 1. The molecule has 0 saturated heterocycles. The van der Waals surface area contributed by atoms with Crippen molar-refractivity contribution in [2.24, 2.45) is 0 Å². The molecular weight excluding hydrogens is 494 g/mol. The summed E-state index contributed by atoms with van der Waals surface area (Å²) in [5.74, 6) is 1.00. The lowest BCUT2D eigenvalue weighted by Gasteiger charge is -2.21. The van der Waals surface area contributed by atoms with Gasteiger partial charge in [-0.15, -0.1) is 0 Å². The quantitative estimate of drug-likeness (QED) is 0.448. The minimum absolute atomic E-state index is 0.0273. The Morgan fingerprint density at radius 2 is 1.74 bits per heavy atom. The van der Waals surface area contributed by atoms with Crippen LogP contribution in [0, 0.1) is 11.3 Å². The number of nitrogens with one attached hydrogen (secondary N) is 2. The van der Waals surface area contributed by atoms with E-state index in [1.807, 2.05) is 61.5 Å². The van der Waals surface area contributed by atoms with Crippen molar-refractivity contribution in [2.75, 3.05) is 56.4 Å². The van der Waals surface area contributed by atoms with Gasteiger partial charge in [-0.3, -0.25) is 9.59 Å². The van der Waals surface area contributed by atoms with Crippen LogP contribution in [0.15, 0.2) is 60.7 Å². The summed E-state index contributed by atoms with van der Waals surface area (Å²) in [6.07, 6.45) is 0.423. The van der Waals surface area contributed by atoms with Crippen LogP contribution in [-0.2, 0) is 9.59 Å². The van der Waals surface area contributed by atoms with Crippen LogP contribution in [-0.4, -0.2) is 57.6 Å². The van der Waals surface area contributed by atoms with E-state index in [1.54, 1.807) is 30.1 Å². The van der Waals surface area contributed by atoms with Crippen LogP contribution in [0.5, 0.6) is 11.5 Å². The molecule has 39 heavy (non-hydrogen) atoms. The average molecular weight is 524 g/mol. The maximum Gasteiger partial charge on any atom is 0.258 e. The van der Waals surface area contributed by atoms with Gasteiger partial charge in [-0.05, 0) is 68.7 Å². The number of carbonyl (C=O) groups excluding carboxylic acids is 2. The Kier molecular flexibility index (Phi) is 7.21. The third-order valence-corrected chi connectivity index (χ3v) is 6.65. The number of rotatable bonds is 7. The summed E-state index contributed by atoms with van der Waals surface area (Å²) in [6.45, 7) is 1.60. The molecule has 0 atom stereocenters. The number of anilines is 3. The number of carbonyl (C=O) groups is 2. The summed E-state index contributed by atoms with van der Waals surface area (Å²) >= 11 is 0. The summed E-state index contributed by atoms with van der Waals surface area (Å²) < 4.78 is 11.5. The molecule has 2 N–H and O–H groups in total. The lowest BCUT2D eigenvalue weighted by atomic mass is 9.98. The molecule has 2 amide bonds. The number of nitrogens with zero attached hydrogens (tertiary/aromatic N) is 3. The van der Waals surface area contributed by atoms with E-state index in [1.165, 1.54) is 0 Å². The van der Waals surface area contributed by atoms with Crippen LogP contribution in [0.4, 0.5) is 17.1 Å². The number of hydrogen-bond donors (Lipinski definition) is 2. The number of hydrogen-bond acceptors (Lipinski definition) is 7. The van der Waals surface area contributed by atoms with Gasteiger partial charge in [0.25, 0.3) is 5.91 Å². The van der Waals surface area contributed by atoms with Crippen molar-refractivity contribution < 1.29 is 19.1 Å². The first-order valence-electron chi connectivity index (χ1n) is 12.6. The third kappa shape index (κ3) is 5.42. The summed E-state index contributed by atoms with van der Waals surface area (Å²) in [5.41, 5.74) is 5.01. The third-order valence-electron chi connectivity index (χ3n) is 6.65. The maximum absolute atomic E-state index is 13.3. The van der Waals surface area contributed by atoms with E-state index < -0.39 is 0 Å². The molecule has 2 heterocycles. The van der Waals surface area contributed by atoms with Gasteiger partial charge in [0.1, 0.15) is 13.2 Å². The molecule has 0 saturated carbocycles. The zero-order chi connectivity index (χ0) is 27.5. The molecule has 0 unspecified atom stereocenters. The highest BCUT2D eigenvalue weighted by atomic mass is 16.6. The predicted molar refractivity (Wildman–Crippen MR) is 151 cm³/mol. The highest BCUT2D eigenvalue weighted by molar-refractivity contribution is 6.37. The highest BCUT2D eigenvalue weighted by Gasteiger charge is 2.29. The van der Waals surface area contributed by atoms with E-state index in [4.69, 9.17) is 9.47 Å². The lowest BCUT2D eigenvalue weighted by molar-refractivity contribution is -0.118. The van der Waals surface area contributed by atoms with Gasteiger partial charge in [0.2, 0.25) is 5.91 Å². The maximum atomic E-state index is 13.3. The van der Waals surface area contributed by atoms with Crippen molar-refractivity contribution in [1.82, 2.24) is 4.90 Å². The van der Waals surface area contributed by atoms with Gasteiger partial charge in [-0.2, -0.15) is 5.26 Å². The molecular formula is C30H29N5O4. The molecule has 0 spiro atoms. The summed E-state index contributed by atoms with van der Waals surface area (Å²) in [6, 6.07) is 20.3. The molecule has 9 nitrogen and oxygen atoms in total. The van der Waals surface area contributed by atoms with Crippen molar-refractivity contribution in [1.29, 1.82) is 5.26 Å². The molecule has 3 aromatic carbocycles. The molecule has 0 aliphatic carbocycles. The second-order valence-electron chi connectivity index (χ2n) is 9.61. The van der Waals surface area contributed by atoms with E-state index in [0.29, 0.717) is 65.8 Å². The smallest absolute Gasteiger partial charge is 0.258 e. The molecule has 0 bridgehead atoms. The fraction of sp³-hybridized carbons (Fsp3) is 0.233. The molecule has 9 heteroatoms. The van der Waals surface area contributed by atoms with Crippen LogP contribution in [0.25, 0.3) is 11.3 Å². The van der Waals surface area contributed by atoms with Crippen molar-refractivity contribution in [3.8, 4) is 17.6 Å². The van der Waals surface area contributed by atoms with E-state index in [-0.39, 0.29) is 11.8 Å². The van der Waals surface area contributed by atoms with Gasteiger partial charge in [0, 0.05) is 42.5 Å². The van der Waals surface area contributed by atoms with Crippen molar-refractivity contribution >= 4 is 40.1 Å². The fourth-order valence-corrected chi connectivity index (χ4v) is 4.51. The SMILES string of the molecule is CN(C)CCC(=O)N(C)c1ccc(N/C(=C2\C(=O)Nc3cc(C#N)ccc32)c2ccc3c(c2)OCCO3)cc1. The van der Waals surface area contributed by atoms with Crippen LogP contribution >= 0.6 is 0 Å². The van der Waals surface area contributed by atoms with E-state index in [0.717, 1.165) is 16.9 Å². The minimum Gasteiger partial charge on any atom is -0.486 e. The summed E-state index contributed by atoms with van der Waals surface area (Å²) in [5, 5.41) is 15.6. The second-order valence-corrected chi connectivity index (χ2v) is 9.61. The topological polar surface area (TPSA) is 107 Å². The molecule has 3 aromatic rings. The Labute approximate surface area is 227 Å². The predicted octanol–water partition coefficient (Wildman–Crippen LogP) is 4.18. The van der Waals surface area contributed by atoms with Crippen molar-refractivity contribution in [2.45, 2.75) is 6.42 Å². The number of amides is 2. The monoisotopic (exact) mass is 523 g/mol. The molecule has 5 rings (SSSR count). The van der Waals surface area contributed by atoms with E-state index in [2.05, 4.69) is 16.7 Å². The van der Waals surface area contributed by atoms with Crippen molar-refractivity contribution in [3.05, 3.63) is 77.4 Å². The van der Waals surface area contributed by atoms with Crippen molar-refractivity contribution in [3.63, 3.8) is 0 Å². The highest BCUT2D eigenvalue weighted by Crippen LogP contribution is 2.40. The molecule has 0 radical (unpaired) electrons. The number of benzene rings is 3. The molecule has 2 aliphatic rings. The fourth-order valence-electron chi connectivity index (χ4n) is 4.51. The normalized spacial score (nSPS) is 14.8. The Balaban J connectivity index is 1.51. The van der Waals surface area contributed by atoms with Gasteiger partial charge in [0.05, 0.1) is 28.6 Å². The first-order valence-corrected chi connectivity index (χ1v) is 12.6. The lowest BCUT2D eigenvalue weighted by Crippen LogP contribution is -2.29. The Morgan fingerprint density at radius 3 is 2.46 bits per heavy atom. The standard InChI is InChI=1S/C30H29N5O4/c1-34(2)13-12-27(36)35(3)22-8-6-21(7-9-22)32-29(20-5-11-25-26(17-20)39-15-14-38-25)28-23-10-4-19(18-31)16-24(23)33-30(28)37/h4-11,16-17,32H,12-15H2,1-3H3,(H,33,37)/b29-28-. The van der Waals surface area contributed by atoms with Crippen LogP contribution in [0.2, 0.25) is 0 Å². The van der Waals surface area contributed by atoms with E-state index in [9.17, 15) is 14.9 Å². The minimum atomic E-state index is -0.277. The van der Waals surface area contributed by atoms with Gasteiger partial charge >= 0.3 is 0 Å². The largest absolute Gasteiger partial charge is 0.486 e.